The molecule has 0 aliphatic carbocycles. The molecule has 0 unspecified atom stereocenters. The summed E-state index contributed by atoms with van der Waals surface area (Å²) in [6.07, 6.45) is 3.59. The lowest BCUT2D eigenvalue weighted by molar-refractivity contribution is 0.559. The normalized spacial score (nSPS) is 9.12. The molecule has 1 aromatic heterocycles. The van der Waals surface area contributed by atoms with E-state index in [1.165, 1.54) is 0 Å². The van der Waals surface area contributed by atoms with Gasteiger partial charge in [0.05, 0.1) is 5.69 Å². The van der Waals surface area contributed by atoms with Crippen LogP contribution in [0.4, 0.5) is 0 Å². The summed E-state index contributed by atoms with van der Waals surface area (Å²) in [7, 11) is 1.81. The molecular formula is C6H6NO. The lowest BCUT2D eigenvalue weighted by atomic mass is 10.5. The first kappa shape index (κ1) is 5.09. The van der Waals surface area contributed by atoms with Gasteiger partial charge in [0.25, 0.3) is 6.29 Å². The van der Waals surface area contributed by atoms with Gasteiger partial charge < -0.3 is 4.57 Å². The Labute approximate surface area is 47.7 Å². The summed E-state index contributed by atoms with van der Waals surface area (Å²) in [5, 5.41) is 0. The van der Waals surface area contributed by atoms with E-state index in [9.17, 15) is 4.79 Å². The quantitative estimate of drug-likeness (QED) is 0.513. The van der Waals surface area contributed by atoms with Crippen molar-refractivity contribution in [2.75, 3.05) is 0 Å². The monoisotopic (exact) mass is 108 g/mol. The number of hydrogen-bond acceptors (Lipinski definition) is 1. The van der Waals surface area contributed by atoms with Crippen LogP contribution in [0.15, 0.2) is 18.3 Å². The third-order valence-electron chi connectivity index (χ3n) is 1.05. The minimum absolute atomic E-state index is 0.588. The molecule has 0 fully saturated rings. The van der Waals surface area contributed by atoms with Crippen molar-refractivity contribution in [2.45, 2.75) is 0 Å². The highest BCUT2D eigenvalue weighted by molar-refractivity contribution is 5.72. The van der Waals surface area contributed by atoms with Gasteiger partial charge in [-0.25, -0.2) is 0 Å². The number of rotatable bonds is 1. The summed E-state index contributed by atoms with van der Waals surface area (Å²) in [5.74, 6) is 0. The average Bonchev–Trinajstić information content (AvgIpc) is 2.14. The van der Waals surface area contributed by atoms with Crippen LogP contribution >= 0.6 is 0 Å². The molecule has 2 heteroatoms. The minimum atomic E-state index is 0.588. The van der Waals surface area contributed by atoms with Crippen molar-refractivity contribution in [3.63, 3.8) is 0 Å². The standard InChI is InChI=1S/C6H6NO/c1-7-4-2-3-6(7)5-8/h2-4H,1H3. The molecule has 1 heterocycles. The first-order chi connectivity index (χ1) is 3.84. The van der Waals surface area contributed by atoms with Crippen LogP contribution in [0.3, 0.4) is 0 Å². The summed E-state index contributed by atoms with van der Waals surface area (Å²) in [6, 6.07) is 3.52. The highest BCUT2D eigenvalue weighted by Gasteiger charge is 1.90. The fourth-order valence-corrected chi connectivity index (χ4v) is 0.567. The van der Waals surface area contributed by atoms with E-state index < -0.39 is 0 Å². The molecule has 41 valence electrons. The van der Waals surface area contributed by atoms with Gasteiger partial charge in [-0.05, 0) is 12.1 Å². The Kier molecular flexibility index (Phi) is 1.16. The second-order valence-electron chi connectivity index (χ2n) is 1.61. The van der Waals surface area contributed by atoms with Crippen LogP contribution in [-0.4, -0.2) is 10.9 Å². The van der Waals surface area contributed by atoms with Gasteiger partial charge in [-0.1, -0.05) is 0 Å². The molecule has 0 aliphatic heterocycles. The molecule has 1 radical (unpaired) electrons. The molecule has 0 saturated carbocycles. The zero-order valence-electron chi connectivity index (χ0n) is 4.59. The van der Waals surface area contributed by atoms with Gasteiger partial charge in [-0.3, -0.25) is 4.79 Å². The molecule has 0 bridgehead atoms. The van der Waals surface area contributed by atoms with Gasteiger partial charge in [0, 0.05) is 13.2 Å². The maximum absolute atomic E-state index is 9.94. The highest BCUT2D eigenvalue weighted by atomic mass is 16.1. The van der Waals surface area contributed by atoms with E-state index in [0.29, 0.717) is 5.69 Å². The Morgan fingerprint density at radius 3 is 2.75 bits per heavy atom. The number of carbonyl (C=O) groups excluding carboxylic acids is 1. The number of hydrogen-bond donors (Lipinski definition) is 0. The molecule has 8 heavy (non-hydrogen) atoms. The van der Waals surface area contributed by atoms with E-state index >= 15 is 0 Å². The van der Waals surface area contributed by atoms with E-state index in [1.54, 1.807) is 36.2 Å². The van der Waals surface area contributed by atoms with Crippen molar-refractivity contribution in [1.82, 2.24) is 4.57 Å². The molecule has 0 N–H and O–H groups in total. The average molecular weight is 108 g/mol. The van der Waals surface area contributed by atoms with Crippen LogP contribution in [0.25, 0.3) is 0 Å². The molecule has 0 atom stereocenters. The van der Waals surface area contributed by atoms with Gasteiger partial charge >= 0.3 is 0 Å². The summed E-state index contributed by atoms with van der Waals surface area (Å²) in [5.41, 5.74) is 0.588. The van der Waals surface area contributed by atoms with Crippen molar-refractivity contribution < 1.29 is 4.79 Å². The van der Waals surface area contributed by atoms with Crippen LogP contribution in [0, 0.1) is 0 Å². The van der Waals surface area contributed by atoms with E-state index in [0.717, 1.165) is 0 Å². The minimum Gasteiger partial charge on any atom is -0.348 e. The second kappa shape index (κ2) is 1.82. The summed E-state index contributed by atoms with van der Waals surface area (Å²) in [4.78, 5) is 9.94. The van der Waals surface area contributed by atoms with Gasteiger partial charge in [-0.2, -0.15) is 0 Å². The third-order valence-corrected chi connectivity index (χ3v) is 1.05. The van der Waals surface area contributed by atoms with Gasteiger partial charge in [0.2, 0.25) is 0 Å². The van der Waals surface area contributed by atoms with Gasteiger partial charge in [-0.15, -0.1) is 0 Å². The Hall–Kier alpha value is -1.05. The summed E-state index contributed by atoms with van der Waals surface area (Å²) in [6.45, 7) is 0. The fourth-order valence-electron chi connectivity index (χ4n) is 0.567. The Balaban J connectivity index is 3.09. The molecule has 0 saturated heterocycles. The van der Waals surface area contributed by atoms with Crippen LogP contribution in [-0.2, 0) is 11.8 Å². The lowest BCUT2D eigenvalue weighted by Gasteiger charge is -1.87. The van der Waals surface area contributed by atoms with Crippen LogP contribution in [0.5, 0.6) is 0 Å². The Morgan fingerprint density at radius 1 is 1.75 bits per heavy atom. The van der Waals surface area contributed by atoms with Gasteiger partial charge in [0.1, 0.15) is 0 Å². The maximum Gasteiger partial charge on any atom is 0.251 e. The van der Waals surface area contributed by atoms with E-state index in [2.05, 4.69) is 0 Å². The first-order valence-corrected chi connectivity index (χ1v) is 2.34. The number of aromatic nitrogens is 1. The zero-order chi connectivity index (χ0) is 5.98. The second-order valence-corrected chi connectivity index (χ2v) is 1.61. The summed E-state index contributed by atoms with van der Waals surface area (Å²) >= 11 is 0. The Bertz CT molecular complexity index is 190. The van der Waals surface area contributed by atoms with Gasteiger partial charge in [0.15, 0.2) is 0 Å². The van der Waals surface area contributed by atoms with Crippen molar-refractivity contribution in [2.24, 2.45) is 7.05 Å². The van der Waals surface area contributed by atoms with E-state index in [1.807, 2.05) is 0 Å². The number of aryl methyl sites for hydroxylation is 1. The van der Waals surface area contributed by atoms with Crippen LogP contribution in [0.2, 0.25) is 0 Å². The largest absolute Gasteiger partial charge is 0.348 e. The fraction of sp³-hybridized carbons (Fsp3) is 0.167. The zero-order valence-corrected chi connectivity index (χ0v) is 4.59. The predicted octanol–water partition coefficient (Wildman–Crippen LogP) is 0.483. The first-order valence-electron chi connectivity index (χ1n) is 2.34. The topological polar surface area (TPSA) is 22.0 Å². The molecule has 0 amide bonds. The highest BCUT2D eigenvalue weighted by Crippen LogP contribution is 1.92. The van der Waals surface area contributed by atoms with E-state index in [4.69, 9.17) is 0 Å². The van der Waals surface area contributed by atoms with Crippen molar-refractivity contribution in [1.29, 1.82) is 0 Å². The molecule has 0 aliphatic rings. The summed E-state index contributed by atoms with van der Waals surface area (Å²) < 4.78 is 1.72. The van der Waals surface area contributed by atoms with E-state index in [-0.39, 0.29) is 0 Å². The maximum atomic E-state index is 9.94. The molecule has 1 aromatic rings. The van der Waals surface area contributed by atoms with Crippen LogP contribution < -0.4 is 0 Å². The third kappa shape index (κ3) is 0.644. The lowest BCUT2D eigenvalue weighted by Crippen LogP contribution is -1.90. The Morgan fingerprint density at radius 2 is 2.50 bits per heavy atom. The predicted molar refractivity (Wildman–Crippen MR) is 30.2 cm³/mol. The SMILES string of the molecule is Cn1cccc1[C]=O. The molecule has 1 rings (SSSR count). The van der Waals surface area contributed by atoms with Crippen molar-refractivity contribution >= 4 is 6.29 Å². The smallest absolute Gasteiger partial charge is 0.251 e. The van der Waals surface area contributed by atoms with Crippen LogP contribution in [0.1, 0.15) is 5.69 Å². The molecule has 0 spiro atoms. The van der Waals surface area contributed by atoms with Crippen molar-refractivity contribution in [3.8, 4) is 0 Å². The molecular weight excluding hydrogens is 102 g/mol. The molecule has 2 nitrogen and oxygen atoms in total. The molecule has 0 aromatic carbocycles. The van der Waals surface area contributed by atoms with Crippen molar-refractivity contribution in [3.05, 3.63) is 24.0 Å². The number of nitrogens with zero attached hydrogens (tertiary/aromatic N) is 1.